The first-order valence-corrected chi connectivity index (χ1v) is 9.87. The van der Waals surface area contributed by atoms with Gasteiger partial charge in [0.05, 0.1) is 5.56 Å². The Hall–Kier alpha value is -2.93. The molecule has 3 aromatic rings. The Morgan fingerprint density at radius 3 is 2.71 bits per heavy atom. The number of Topliss-reactive ketones (excluding diaryl/α,β-unsaturated/α-hetero) is 1. The molecule has 0 fully saturated rings. The van der Waals surface area contributed by atoms with Crippen molar-refractivity contribution in [2.75, 3.05) is 0 Å². The summed E-state index contributed by atoms with van der Waals surface area (Å²) in [4.78, 5) is 29.2. The van der Waals surface area contributed by atoms with E-state index in [0.29, 0.717) is 24.9 Å². The zero-order valence-corrected chi connectivity index (χ0v) is 16.6. The van der Waals surface area contributed by atoms with Gasteiger partial charge in [-0.1, -0.05) is 0 Å². The third-order valence-corrected chi connectivity index (χ3v) is 5.68. The van der Waals surface area contributed by atoms with Crippen LogP contribution in [-0.4, -0.2) is 31.5 Å². The van der Waals surface area contributed by atoms with E-state index >= 15 is 0 Å². The van der Waals surface area contributed by atoms with Crippen LogP contribution in [0.25, 0.3) is 10.6 Å². The molecule has 146 valence electrons. The van der Waals surface area contributed by atoms with Gasteiger partial charge in [-0.05, 0) is 49.6 Å². The number of thiazole rings is 1. The molecule has 28 heavy (non-hydrogen) atoms. The van der Waals surface area contributed by atoms with E-state index in [1.54, 1.807) is 35.3 Å². The van der Waals surface area contributed by atoms with Crippen LogP contribution in [0.2, 0.25) is 0 Å². The van der Waals surface area contributed by atoms with E-state index < -0.39 is 5.97 Å². The quantitative estimate of drug-likeness (QED) is 0.596. The van der Waals surface area contributed by atoms with Gasteiger partial charge in [0, 0.05) is 48.4 Å². The van der Waals surface area contributed by atoms with Gasteiger partial charge in [0.25, 0.3) is 0 Å². The van der Waals surface area contributed by atoms with Crippen LogP contribution in [-0.2, 0) is 24.2 Å². The molecule has 0 bridgehead atoms. The molecule has 2 aromatic heterocycles. The summed E-state index contributed by atoms with van der Waals surface area (Å²) in [6, 6.07) is 5.17. The number of rotatable bonds is 8. The zero-order valence-electron chi connectivity index (χ0n) is 15.8. The van der Waals surface area contributed by atoms with E-state index in [-0.39, 0.29) is 23.5 Å². The van der Waals surface area contributed by atoms with E-state index in [9.17, 15) is 19.8 Å². The van der Waals surface area contributed by atoms with Crippen molar-refractivity contribution in [1.29, 1.82) is 0 Å². The Labute approximate surface area is 167 Å². The second kappa shape index (κ2) is 8.39. The Balaban J connectivity index is 1.64. The van der Waals surface area contributed by atoms with Crippen molar-refractivity contribution < 1.29 is 19.8 Å². The number of aromatic nitrogens is 2. The summed E-state index contributed by atoms with van der Waals surface area (Å²) in [5, 5.41) is 19.7. The molecule has 3 rings (SSSR count). The van der Waals surface area contributed by atoms with Crippen LogP contribution < -0.4 is 0 Å². The monoisotopic (exact) mass is 398 g/mol. The molecule has 0 aliphatic carbocycles. The molecule has 0 aliphatic heterocycles. The lowest BCUT2D eigenvalue weighted by Gasteiger charge is -2.02. The van der Waals surface area contributed by atoms with Crippen LogP contribution in [0.3, 0.4) is 0 Å². The number of phenols is 1. The summed E-state index contributed by atoms with van der Waals surface area (Å²) in [6.45, 7) is 4.51. The fraction of sp³-hybridized carbons (Fsp3) is 0.286. The third-order valence-electron chi connectivity index (χ3n) is 4.59. The Kier molecular flexibility index (Phi) is 5.94. The number of carboxylic acids is 1. The lowest BCUT2D eigenvalue weighted by Crippen LogP contribution is -2.07. The maximum absolute atomic E-state index is 12.4. The van der Waals surface area contributed by atoms with Crippen LogP contribution >= 0.6 is 11.3 Å². The van der Waals surface area contributed by atoms with Crippen molar-refractivity contribution in [3.8, 4) is 16.3 Å². The minimum Gasteiger partial charge on any atom is -0.508 e. The number of aryl methyl sites for hydroxylation is 3. The lowest BCUT2D eigenvalue weighted by molar-refractivity contribution is -0.118. The standard InChI is InChI=1S/C21H22N2O4S/c1-3-23-11-14(19(12-23)21(26)27)9-16(25)4-6-17-10-22-20(28-17)18-7-5-15(24)8-13(18)2/h5,7-8,10-12,24H,3-4,6,9H2,1-2H3,(H,26,27). The molecule has 0 spiro atoms. The highest BCUT2D eigenvalue weighted by molar-refractivity contribution is 7.15. The number of aromatic hydroxyl groups is 1. The summed E-state index contributed by atoms with van der Waals surface area (Å²) in [6.07, 6.45) is 6.12. The van der Waals surface area contributed by atoms with Gasteiger partial charge in [-0.25, -0.2) is 9.78 Å². The van der Waals surface area contributed by atoms with Crippen molar-refractivity contribution in [2.45, 2.75) is 39.7 Å². The minimum atomic E-state index is -1.01. The number of carbonyl (C=O) groups is 2. The van der Waals surface area contributed by atoms with Crippen molar-refractivity contribution >= 4 is 23.1 Å². The van der Waals surface area contributed by atoms with Crippen molar-refractivity contribution in [3.63, 3.8) is 0 Å². The van der Waals surface area contributed by atoms with Crippen molar-refractivity contribution in [2.24, 2.45) is 0 Å². The van der Waals surface area contributed by atoms with Gasteiger partial charge in [-0.3, -0.25) is 4.79 Å². The number of nitrogens with zero attached hydrogens (tertiary/aromatic N) is 2. The molecule has 7 heteroatoms. The molecule has 0 unspecified atom stereocenters. The number of benzene rings is 1. The average Bonchev–Trinajstić information content (AvgIpc) is 3.27. The Morgan fingerprint density at radius 1 is 1.25 bits per heavy atom. The van der Waals surface area contributed by atoms with Gasteiger partial charge >= 0.3 is 5.97 Å². The summed E-state index contributed by atoms with van der Waals surface area (Å²) in [7, 11) is 0. The largest absolute Gasteiger partial charge is 0.508 e. The summed E-state index contributed by atoms with van der Waals surface area (Å²) < 4.78 is 1.78. The van der Waals surface area contributed by atoms with Gasteiger partial charge in [0.2, 0.25) is 0 Å². The van der Waals surface area contributed by atoms with E-state index in [4.69, 9.17) is 0 Å². The topological polar surface area (TPSA) is 92.4 Å². The average molecular weight is 398 g/mol. The second-order valence-electron chi connectivity index (χ2n) is 6.68. The first-order valence-electron chi connectivity index (χ1n) is 9.05. The number of hydrogen-bond acceptors (Lipinski definition) is 5. The first-order chi connectivity index (χ1) is 13.4. The zero-order chi connectivity index (χ0) is 20.3. The molecule has 2 N–H and O–H groups in total. The first kappa shape index (κ1) is 19.8. The highest BCUT2D eigenvalue weighted by atomic mass is 32.1. The van der Waals surface area contributed by atoms with E-state index in [1.165, 1.54) is 11.3 Å². The fourth-order valence-electron chi connectivity index (χ4n) is 3.07. The number of carboxylic acid groups (broad SMARTS) is 1. The van der Waals surface area contributed by atoms with E-state index in [1.807, 2.05) is 19.9 Å². The second-order valence-corrected chi connectivity index (χ2v) is 7.79. The molecule has 6 nitrogen and oxygen atoms in total. The number of ketones is 1. The van der Waals surface area contributed by atoms with Gasteiger partial charge < -0.3 is 14.8 Å². The Morgan fingerprint density at radius 2 is 2.04 bits per heavy atom. The maximum atomic E-state index is 12.4. The summed E-state index contributed by atoms with van der Waals surface area (Å²) >= 11 is 1.53. The van der Waals surface area contributed by atoms with Gasteiger partial charge in [-0.15, -0.1) is 11.3 Å². The van der Waals surface area contributed by atoms with Gasteiger partial charge in [-0.2, -0.15) is 0 Å². The van der Waals surface area contributed by atoms with Gasteiger partial charge in [0.15, 0.2) is 0 Å². The van der Waals surface area contributed by atoms with Crippen molar-refractivity contribution in [1.82, 2.24) is 9.55 Å². The Bertz CT molecular complexity index is 1020. The molecule has 0 amide bonds. The van der Waals surface area contributed by atoms with Crippen LogP contribution in [0.4, 0.5) is 0 Å². The van der Waals surface area contributed by atoms with Crippen LogP contribution in [0.15, 0.2) is 36.8 Å². The maximum Gasteiger partial charge on any atom is 0.337 e. The third kappa shape index (κ3) is 4.48. The fourth-order valence-corrected chi connectivity index (χ4v) is 4.07. The minimum absolute atomic E-state index is 0.00659. The molecule has 0 saturated carbocycles. The highest BCUT2D eigenvalue weighted by Gasteiger charge is 2.16. The molecule has 0 radical (unpaired) electrons. The molecule has 0 saturated heterocycles. The molecule has 2 heterocycles. The predicted molar refractivity (Wildman–Crippen MR) is 108 cm³/mol. The number of phenolic OH excluding ortho intramolecular Hbond substituents is 1. The molecular formula is C21H22N2O4S. The lowest BCUT2D eigenvalue weighted by atomic mass is 10.0. The van der Waals surface area contributed by atoms with E-state index in [2.05, 4.69) is 4.98 Å². The molecule has 0 atom stereocenters. The van der Waals surface area contributed by atoms with E-state index in [0.717, 1.165) is 21.0 Å². The molecule has 1 aromatic carbocycles. The normalized spacial score (nSPS) is 10.9. The SMILES string of the molecule is CCn1cc(CC(=O)CCc2cnc(-c3ccc(O)cc3C)s2)c(C(=O)O)c1. The smallest absolute Gasteiger partial charge is 0.337 e. The molecular weight excluding hydrogens is 376 g/mol. The molecule has 0 aliphatic rings. The number of carbonyl (C=O) groups excluding carboxylic acids is 1. The van der Waals surface area contributed by atoms with Crippen LogP contribution in [0, 0.1) is 6.92 Å². The van der Waals surface area contributed by atoms with Crippen LogP contribution in [0.1, 0.15) is 39.7 Å². The number of hydrogen-bond donors (Lipinski definition) is 2. The van der Waals surface area contributed by atoms with Crippen LogP contribution in [0.5, 0.6) is 5.75 Å². The van der Waals surface area contributed by atoms with Gasteiger partial charge in [0.1, 0.15) is 16.5 Å². The predicted octanol–water partition coefficient (Wildman–Crippen LogP) is 4.09. The highest BCUT2D eigenvalue weighted by Crippen LogP contribution is 2.30. The number of aromatic carboxylic acids is 1. The summed E-state index contributed by atoms with van der Waals surface area (Å²) in [5.74, 6) is -0.778. The summed E-state index contributed by atoms with van der Waals surface area (Å²) in [5.41, 5.74) is 2.66. The van der Waals surface area contributed by atoms with Crippen molar-refractivity contribution in [3.05, 3.63) is 58.4 Å².